The molecule has 0 atom stereocenters. The highest BCUT2D eigenvalue weighted by molar-refractivity contribution is 5.78. The zero-order valence-electron chi connectivity index (χ0n) is 6.23. The summed E-state index contributed by atoms with van der Waals surface area (Å²) in [5, 5.41) is 2.45. The van der Waals surface area contributed by atoms with Crippen LogP contribution in [0.1, 0.15) is 32.1 Å². The van der Waals surface area contributed by atoms with Crippen LogP contribution in [-0.4, -0.2) is 5.91 Å². The molecule has 0 heterocycles. The van der Waals surface area contributed by atoms with E-state index in [0.29, 0.717) is 0 Å². The van der Waals surface area contributed by atoms with Crippen molar-refractivity contribution in [2.24, 2.45) is 5.92 Å². The molecule has 0 aromatic carbocycles. The maximum Gasteiger partial charge on any atom is 0.223 e. The second-order valence-corrected chi connectivity index (χ2v) is 2.88. The molecule has 0 bridgehead atoms. The Morgan fingerprint density at radius 2 is 1.90 bits per heavy atom. The quantitative estimate of drug-likeness (QED) is 0.587. The molecule has 0 saturated heterocycles. The van der Waals surface area contributed by atoms with Crippen LogP contribution in [-0.2, 0) is 4.79 Å². The third-order valence-electron chi connectivity index (χ3n) is 2.15. The molecule has 0 unspecified atom stereocenters. The van der Waals surface area contributed by atoms with Gasteiger partial charge in [0, 0.05) is 13.0 Å². The first-order valence-electron chi connectivity index (χ1n) is 3.91. The van der Waals surface area contributed by atoms with Gasteiger partial charge in [0.25, 0.3) is 0 Å². The van der Waals surface area contributed by atoms with E-state index in [1.54, 1.807) is 0 Å². The van der Waals surface area contributed by atoms with Crippen LogP contribution in [0.3, 0.4) is 0 Å². The highest BCUT2D eigenvalue weighted by atomic mass is 16.1. The molecule has 2 nitrogen and oxygen atoms in total. The molecule has 0 spiro atoms. The molecule has 0 aliphatic heterocycles. The van der Waals surface area contributed by atoms with Crippen molar-refractivity contribution < 1.29 is 4.79 Å². The average molecular weight is 140 g/mol. The van der Waals surface area contributed by atoms with Crippen LogP contribution < -0.4 is 5.32 Å². The van der Waals surface area contributed by atoms with Crippen LogP contribution in [0.15, 0.2) is 0 Å². The fourth-order valence-electron chi connectivity index (χ4n) is 1.51. The van der Waals surface area contributed by atoms with Crippen molar-refractivity contribution in [3.05, 3.63) is 7.05 Å². The highest BCUT2D eigenvalue weighted by Gasteiger charge is 2.19. The van der Waals surface area contributed by atoms with Crippen molar-refractivity contribution in [3.8, 4) is 0 Å². The van der Waals surface area contributed by atoms with Gasteiger partial charge in [-0.15, -0.1) is 0 Å². The zero-order valence-corrected chi connectivity index (χ0v) is 6.23. The van der Waals surface area contributed by atoms with Gasteiger partial charge in [-0.05, 0) is 12.8 Å². The van der Waals surface area contributed by atoms with Crippen LogP contribution in [0.4, 0.5) is 0 Å². The van der Waals surface area contributed by atoms with Gasteiger partial charge in [0.1, 0.15) is 0 Å². The summed E-state index contributed by atoms with van der Waals surface area (Å²) < 4.78 is 0. The number of nitrogens with one attached hydrogen (secondary N) is 1. The molecular weight excluding hydrogens is 126 g/mol. The number of hydrogen-bond donors (Lipinski definition) is 1. The van der Waals surface area contributed by atoms with E-state index in [2.05, 4.69) is 12.4 Å². The van der Waals surface area contributed by atoms with Crippen molar-refractivity contribution in [2.45, 2.75) is 32.1 Å². The first kappa shape index (κ1) is 7.58. The molecule has 57 valence electrons. The molecule has 1 N–H and O–H groups in total. The van der Waals surface area contributed by atoms with E-state index in [4.69, 9.17) is 0 Å². The largest absolute Gasteiger partial charge is 0.354 e. The Labute approximate surface area is 62.0 Å². The Kier molecular flexibility index (Phi) is 2.72. The third-order valence-corrected chi connectivity index (χ3v) is 2.15. The molecule has 1 amide bonds. The van der Waals surface area contributed by atoms with E-state index in [9.17, 15) is 4.79 Å². The van der Waals surface area contributed by atoms with Gasteiger partial charge in [0.2, 0.25) is 5.91 Å². The summed E-state index contributed by atoms with van der Waals surface area (Å²) in [7, 11) is 3.36. The standard InChI is InChI=1S/C8H14NO/c1-9-8(10)7-5-3-2-4-6-7/h7H,1-6H2,(H,9,10). The van der Waals surface area contributed by atoms with Gasteiger partial charge in [-0.3, -0.25) is 4.79 Å². The fraction of sp³-hybridized carbons (Fsp3) is 0.750. The molecule has 1 radical (unpaired) electrons. The van der Waals surface area contributed by atoms with Crippen LogP contribution in [0.25, 0.3) is 0 Å². The highest BCUT2D eigenvalue weighted by Crippen LogP contribution is 2.23. The molecule has 1 fully saturated rings. The van der Waals surface area contributed by atoms with Gasteiger partial charge in [0.15, 0.2) is 0 Å². The van der Waals surface area contributed by atoms with Crippen LogP contribution in [0.5, 0.6) is 0 Å². The molecule has 10 heavy (non-hydrogen) atoms. The lowest BCUT2D eigenvalue weighted by molar-refractivity contribution is -0.125. The minimum atomic E-state index is 0.125. The summed E-state index contributed by atoms with van der Waals surface area (Å²) in [6.07, 6.45) is 5.82. The zero-order chi connectivity index (χ0) is 7.40. The first-order chi connectivity index (χ1) is 4.84. The van der Waals surface area contributed by atoms with Gasteiger partial charge >= 0.3 is 0 Å². The van der Waals surface area contributed by atoms with Crippen LogP contribution >= 0.6 is 0 Å². The van der Waals surface area contributed by atoms with E-state index >= 15 is 0 Å². The first-order valence-corrected chi connectivity index (χ1v) is 3.91. The molecule has 0 aromatic heterocycles. The molecule has 1 aliphatic carbocycles. The Hall–Kier alpha value is -0.530. The third kappa shape index (κ3) is 1.72. The smallest absolute Gasteiger partial charge is 0.223 e. The lowest BCUT2D eigenvalue weighted by Crippen LogP contribution is -2.27. The predicted molar refractivity (Wildman–Crippen MR) is 40.1 cm³/mol. The summed E-state index contributed by atoms with van der Waals surface area (Å²) in [6, 6.07) is 0. The number of amides is 1. The Morgan fingerprint density at radius 3 is 2.40 bits per heavy atom. The summed E-state index contributed by atoms with van der Waals surface area (Å²) in [4.78, 5) is 11.0. The van der Waals surface area contributed by atoms with E-state index in [1.165, 1.54) is 19.3 Å². The number of carbonyl (C=O) groups is 1. The minimum absolute atomic E-state index is 0.125. The van der Waals surface area contributed by atoms with Crippen molar-refractivity contribution in [3.63, 3.8) is 0 Å². The van der Waals surface area contributed by atoms with E-state index in [-0.39, 0.29) is 11.8 Å². The van der Waals surface area contributed by atoms with Gasteiger partial charge in [-0.25, -0.2) is 0 Å². The Bertz CT molecular complexity index is 116. The summed E-state index contributed by atoms with van der Waals surface area (Å²) in [5.41, 5.74) is 0. The lowest BCUT2D eigenvalue weighted by Gasteiger charge is -2.19. The van der Waals surface area contributed by atoms with Gasteiger partial charge in [-0.2, -0.15) is 0 Å². The van der Waals surface area contributed by atoms with Crippen LogP contribution in [0.2, 0.25) is 0 Å². The number of hydrogen-bond acceptors (Lipinski definition) is 1. The number of carbonyl (C=O) groups excluding carboxylic acids is 1. The minimum Gasteiger partial charge on any atom is -0.354 e. The topological polar surface area (TPSA) is 29.1 Å². The number of rotatable bonds is 1. The van der Waals surface area contributed by atoms with Gasteiger partial charge in [0.05, 0.1) is 0 Å². The normalized spacial score (nSPS) is 20.5. The van der Waals surface area contributed by atoms with Gasteiger partial charge < -0.3 is 5.32 Å². The molecule has 1 saturated carbocycles. The SMILES string of the molecule is [CH2]NC(=O)C1CCCCC1. The van der Waals surface area contributed by atoms with Crippen molar-refractivity contribution in [1.82, 2.24) is 5.32 Å². The van der Waals surface area contributed by atoms with E-state index in [0.717, 1.165) is 12.8 Å². The summed E-state index contributed by atoms with van der Waals surface area (Å²) in [5.74, 6) is 0.381. The average Bonchev–Trinajstić information content (AvgIpc) is 2.05. The lowest BCUT2D eigenvalue weighted by atomic mass is 9.89. The van der Waals surface area contributed by atoms with Gasteiger partial charge in [-0.1, -0.05) is 19.3 Å². The second-order valence-electron chi connectivity index (χ2n) is 2.88. The fourth-order valence-corrected chi connectivity index (χ4v) is 1.51. The maximum absolute atomic E-state index is 11.0. The van der Waals surface area contributed by atoms with Crippen molar-refractivity contribution >= 4 is 5.91 Å². The van der Waals surface area contributed by atoms with Crippen molar-refractivity contribution in [1.29, 1.82) is 0 Å². The molecule has 1 rings (SSSR count). The second kappa shape index (κ2) is 3.59. The van der Waals surface area contributed by atoms with Crippen molar-refractivity contribution in [2.75, 3.05) is 0 Å². The monoisotopic (exact) mass is 140 g/mol. The maximum atomic E-state index is 11.0. The Balaban J connectivity index is 2.31. The molecule has 0 aromatic rings. The van der Waals surface area contributed by atoms with E-state index in [1.807, 2.05) is 0 Å². The predicted octanol–water partition coefficient (Wildman–Crippen LogP) is 1.47. The summed E-state index contributed by atoms with van der Waals surface area (Å²) >= 11 is 0. The van der Waals surface area contributed by atoms with E-state index < -0.39 is 0 Å². The Morgan fingerprint density at radius 1 is 1.30 bits per heavy atom. The molecular formula is C8H14NO. The summed E-state index contributed by atoms with van der Waals surface area (Å²) in [6.45, 7) is 0. The molecule has 1 aliphatic rings. The molecule has 2 heteroatoms. The van der Waals surface area contributed by atoms with Crippen LogP contribution in [0, 0.1) is 13.0 Å².